The minimum Gasteiger partial charge on any atom is -0.464 e. The van der Waals surface area contributed by atoms with Crippen molar-refractivity contribution in [2.45, 2.75) is 53.0 Å². The number of carbonyl (C=O) groups is 3. The van der Waals surface area contributed by atoms with Gasteiger partial charge in [0.2, 0.25) is 0 Å². The van der Waals surface area contributed by atoms with Gasteiger partial charge in [0.25, 0.3) is 0 Å². The fourth-order valence-electron chi connectivity index (χ4n) is 2.62. The lowest BCUT2D eigenvalue weighted by molar-refractivity contribution is -0.122. The Morgan fingerprint density at radius 1 is 1.30 bits per heavy atom. The van der Waals surface area contributed by atoms with Crippen LogP contribution in [0, 0.1) is 17.8 Å². The Morgan fingerprint density at radius 2 is 1.96 bits per heavy atom. The van der Waals surface area contributed by atoms with Gasteiger partial charge in [-0.2, -0.15) is 0 Å². The highest BCUT2D eigenvalue weighted by Crippen LogP contribution is 2.26. The topological polar surface area (TPSA) is 122 Å². The number of Topliss-reactive ketones (excluding diaryl/α,β-unsaturated/α-hetero) is 2. The minimum absolute atomic E-state index is 0.0570. The second-order valence-electron chi connectivity index (χ2n) is 6.87. The summed E-state index contributed by atoms with van der Waals surface area (Å²) in [5.74, 6) is -1.13. The lowest BCUT2D eigenvalue weighted by atomic mass is 9.83. The summed E-state index contributed by atoms with van der Waals surface area (Å²) in [6.07, 6.45) is 1.02. The van der Waals surface area contributed by atoms with Crippen LogP contribution in [0.1, 0.15) is 67.2 Å². The average molecular weight is 394 g/mol. The SMILES string of the molecule is CCC(C)[C@H](N=[N+]=[N-])C(=O)C[C@H](CC(=O)c1nc(C(=O)OC)cs1)C(C)C. The number of ketones is 2. The van der Waals surface area contributed by atoms with Crippen LogP contribution in [0.15, 0.2) is 10.5 Å². The van der Waals surface area contributed by atoms with Crippen LogP contribution in [0.2, 0.25) is 0 Å². The molecule has 0 fully saturated rings. The van der Waals surface area contributed by atoms with E-state index >= 15 is 0 Å². The zero-order valence-corrected chi connectivity index (χ0v) is 17.2. The summed E-state index contributed by atoms with van der Waals surface area (Å²) in [6.45, 7) is 7.69. The molecule has 1 aromatic heterocycles. The molecule has 0 saturated carbocycles. The normalized spacial score (nSPS) is 14.1. The van der Waals surface area contributed by atoms with Crippen molar-refractivity contribution in [3.05, 3.63) is 26.5 Å². The Kier molecular flexibility index (Phi) is 9.11. The number of rotatable bonds is 11. The van der Waals surface area contributed by atoms with Crippen LogP contribution in [0.3, 0.4) is 0 Å². The van der Waals surface area contributed by atoms with Gasteiger partial charge in [-0.05, 0) is 23.3 Å². The third kappa shape index (κ3) is 6.45. The highest BCUT2D eigenvalue weighted by molar-refractivity contribution is 7.11. The number of ether oxygens (including phenoxy) is 1. The average Bonchev–Trinajstić information content (AvgIpc) is 3.14. The molecule has 0 aliphatic carbocycles. The first-order valence-electron chi connectivity index (χ1n) is 8.89. The standard InChI is InChI=1S/C18H26N4O4S/c1-6-11(4)16(21-22-19)14(23)7-12(10(2)3)8-15(24)17-20-13(9-27-17)18(25)26-5/h9-12,16H,6-8H2,1-5H3/t11?,12-,16+/m1/s1. The molecular weight excluding hydrogens is 368 g/mol. The van der Waals surface area contributed by atoms with Crippen LogP contribution in [0.5, 0.6) is 0 Å². The second kappa shape index (κ2) is 10.8. The summed E-state index contributed by atoms with van der Waals surface area (Å²) in [6, 6.07) is -0.720. The zero-order chi connectivity index (χ0) is 20.6. The Morgan fingerprint density at radius 3 is 2.48 bits per heavy atom. The quantitative estimate of drug-likeness (QED) is 0.180. The molecule has 0 saturated heterocycles. The molecule has 0 aliphatic heterocycles. The van der Waals surface area contributed by atoms with Gasteiger partial charge < -0.3 is 4.74 Å². The molecule has 148 valence electrons. The molecular formula is C18H26N4O4S. The van der Waals surface area contributed by atoms with Crippen LogP contribution >= 0.6 is 11.3 Å². The molecule has 3 atom stereocenters. The van der Waals surface area contributed by atoms with Gasteiger partial charge >= 0.3 is 5.97 Å². The van der Waals surface area contributed by atoms with Gasteiger partial charge in [0.1, 0.15) is 5.78 Å². The highest BCUT2D eigenvalue weighted by Gasteiger charge is 2.29. The van der Waals surface area contributed by atoms with Crippen molar-refractivity contribution in [1.82, 2.24) is 4.98 Å². The molecule has 0 bridgehead atoms. The van der Waals surface area contributed by atoms with Crippen molar-refractivity contribution < 1.29 is 19.1 Å². The molecule has 1 heterocycles. The van der Waals surface area contributed by atoms with Crippen LogP contribution in [-0.4, -0.2) is 35.7 Å². The van der Waals surface area contributed by atoms with E-state index in [0.717, 1.165) is 17.8 Å². The zero-order valence-electron chi connectivity index (χ0n) is 16.3. The van der Waals surface area contributed by atoms with Gasteiger partial charge in [0.15, 0.2) is 16.5 Å². The largest absolute Gasteiger partial charge is 0.464 e. The van der Waals surface area contributed by atoms with Crippen molar-refractivity contribution in [3.8, 4) is 0 Å². The predicted molar refractivity (Wildman–Crippen MR) is 103 cm³/mol. The van der Waals surface area contributed by atoms with Gasteiger partial charge in [-0.15, -0.1) is 11.3 Å². The maximum Gasteiger partial charge on any atom is 0.357 e. The van der Waals surface area contributed by atoms with E-state index in [2.05, 4.69) is 19.7 Å². The van der Waals surface area contributed by atoms with E-state index in [0.29, 0.717) is 0 Å². The Balaban J connectivity index is 2.88. The smallest absolute Gasteiger partial charge is 0.357 e. The second-order valence-corrected chi connectivity index (χ2v) is 7.72. The van der Waals surface area contributed by atoms with Crippen LogP contribution in [-0.2, 0) is 9.53 Å². The minimum atomic E-state index is -0.720. The van der Waals surface area contributed by atoms with Gasteiger partial charge in [-0.1, -0.05) is 39.2 Å². The van der Waals surface area contributed by atoms with Gasteiger partial charge in [-0.3, -0.25) is 9.59 Å². The first-order valence-corrected chi connectivity index (χ1v) is 9.76. The van der Waals surface area contributed by atoms with E-state index in [4.69, 9.17) is 5.53 Å². The van der Waals surface area contributed by atoms with E-state index in [1.165, 1.54) is 12.5 Å². The lowest BCUT2D eigenvalue weighted by Crippen LogP contribution is -2.29. The number of esters is 1. The van der Waals surface area contributed by atoms with Crippen LogP contribution in [0.4, 0.5) is 0 Å². The Hall–Kier alpha value is -2.25. The van der Waals surface area contributed by atoms with E-state index in [9.17, 15) is 14.4 Å². The van der Waals surface area contributed by atoms with E-state index in [1.807, 2.05) is 27.7 Å². The summed E-state index contributed by atoms with van der Waals surface area (Å²) < 4.78 is 4.59. The number of nitrogens with zero attached hydrogens (tertiary/aromatic N) is 4. The molecule has 0 N–H and O–H groups in total. The number of azide groups is 1. The molecule has 1 rings (SSSR count). The Labute approximate surface area is 162 Å². The van der Waals surface area contributed by atoms with Crippen molar-refractivity contribution in [1.29, 1.82) is 0 Å². The number of methoxy groups -OCH3 is 1. The van der Waals surface area contributed by atoms with Gasteiger partial charge in [0, 0.05) is 23.1 Å². The lowest BCUT2D eigenvalue weighted by Gasteiger charge is -2.23. The summed E-state index contributed by atoms with van der Waals surface area (Å²) in [5.41, 5.74) is 8.84. The number of thiazole rings is 1. The van der Waals surface area contributed by atoms with E-state index in [1.54, 1.807) is 0 Å². The molecule has 0 radical (unpaired) electrons. The molecule has 1 aromatic rings. The first-order chi connectivity index (χ1) is 12.7. The summed E-state index contributed by atoms with van der Waals surface area (Å²) in [4.78, 5) is 43.5. The number of aromatic nitrogens is 1. The molecule has 0 aliphatic rings. The predicted octanol–water partition coefficient (Wildman–Crippen LogP) is 4.46. The molecule has 0 spiro atoms. The summed E-state index contributed by atoms with van der Waals surface area (Å²) in [5, 5.41) is 5.37. The Bertz CT molecular complexity index is 725. The fourth-order valence-corrected chi connectivity index (χ4v) is 3.36. The van der Waals surface area contributed by atoms with Crippen LogP contribution < -0.4 is 0 Å². The molecule has 8 nitrogen and oxygen atoms in total. The van der Waals surface area contributed by atoms with Crippen molar-refractivity contribution in [3.63, 3.8) is 0 Å². The molecule has 1 unspecified atom stereocenters. The van der Waals surface area contributed by atoms with Crippen molar-refractivity contribution >= 4 is 28.9 Å². The third-order valence-corrected chi connectivity index (χ3v) is 5.56. The van der Waals surface area contributed by atoms with Gasteiger partial charge in [0.05, 0.1) is 13.2 Å². The maximum atomic E-state index is 12.6. The van der Waals surface area contributed by atoms with E-state index in [-0.39, 0.29) is 52.9 Å². The molecule has 0 aromatic carbocycles. The number of hydrogen-bond donors (Lipinski definition) is 0. The molecule has 0 amide bonds. The van der Waals surface area contributed by atoms with Crippen LogP contribution in [0.25, 0.3) is 10.4 Å². The number of carbonyl (C=O) groups excluding carboxylic acids is 3. The van der Waals surface area contributed by atoms with Crippen molar-refractivity contribution in [2.75, 3.05) is 7.11 Å². The van der Waals surface area contributed by atoms with Gasteiger partial charge in [-0.25, -0.2) is 9.78 Å². The highest BCUT2D eigenvalue weighted by atomic mass is 32.1. The molecule has 9 heteroatoms. The fraction of sp³-hybridized carbons (Fsp3) is 0.667. The monoisotopic (exact) mass is 394 g/mol. The summed E-state index contributed by atoms with van der Waals surface area (Å²) >= 11 is 1.08. The van der Waals surface area contributed by atoms with E-state index < -0.39 is 12.0 Å². The maximum absolute atomic E-state index is 12.6. The summed E-state index contributed by atoms with van der Waals surface area (Å²) in [7, 11) is 1.25. The number of hydrogen-bond acceptors (Lipinski definition) is 7. The first kappa shape index (κ1) is 22.8. The molecule has 27 heavy (non-hydrogen) atoms. The van der Waals surface area contributed by atoms with Crippen molar-refractivity contribution in [2.24, 2.45) is 22.9 Å². The third-order valence-electron chi connectivity index (χ3n) is 4.68.